The Hall–Kier alpha value is -0.360. The molecule has 9 nitrogen and oxygen atoms in total. The molecule has 0 radical (unpaired) electrons. The Bertz CT molecular complexity index is 326. The smallest absolute Gasteiger partial charge is 0.112 e. The highest BCUT2D eigenvalue weighted by molar-refractivity contribution is 4.76. The number of rotatable bonds is 8. The van der Waals surface area contributed by atoms with Gasteiger partial charge in [0.2, 0.25) is 0 Å². The first-order valence-electron chi connectivity index (χ1n) is 9.42. The van der Waals surface area contributed by atoms with Crippen molar-refractivity contribution in [2.24, 2.45) is 0 Å². The molecule has 2 atom stereocenters. The molecule has 0 aromatic carbocycles. The minimum atomic E-state index is -0.623. The number of aliphatic hydroxyl groups excluding tert-OH is 2. The third kappa shape index (κ3) is 11.9. The van der Waals surface area contributed by atoms with Gasteiger partial charge in [-0.2, -0.15) is 0 Å². The molecule has 0 spiro atoms. The van der Waals surface area contributed by atoms with E-state index in [0.29, 0.717) is 66.1 Å². The van der Waals surface area contributed by atoms with E-state index in [4.69, 9.17) is 43.4 Å². The van der Waals surface area contributed by atoms with E-state index >= 15 is 0 Å². The lowest BCUT2D eigenvalue weighted by molar-refractivity contribution is -0.140. The third-order valence-corrected chi connectivity index (χ3v) is 3.83. The molecule has 1 fully saturated rings. The van der Waals surface area contributed by atoms with Crippen LogP contribution < -0.4 is 0 Å². The molecule has 0 saturated carbocycles. The Morgan fingerprint density at radius 1 is 0.667 bits per heavy atom. The van der Waals surface area contributed by atoms with Crippen molar-refractivity contribution in [1.29, 1.82) is 0 Å². The minimum absolute atomic E-state index is 0.0331. The Morgan fingerprint density at radius 3 is 1.48 bits per heavy atom. The predicted molar refractivity (Wildman–Crippen MR) is 97.0 cm³/mol. The van der Waals surface area contributed by atoms with Crippen molar-refractivity contribution in [3.05, 3.63) is 0 Å². The Morgan fingerprint density at radius 2 is 1.07 bits per heavy atom. The van der Waals surface area contributed by atoms with Crippen molar-refractivity contribution < 1.29 is 43.4 Å². The van der Waals surface area contributed by atoms with Crippen LogP contribution in [0.2, 0.25) is 0 Å². The third-order valence-electron chi connectivity index (χ3n) is 3.83. The van der Waals surface area contributed by atoms with Crippen LogP contribution in [0.3, 0.4) is 0 Å². The van der Waals surface area contributed by atoms with Crippen molar-refractivity contribution in [3.8, 4) is 0 Å². The summed E-state index contributed by atoms with van der Waals surface area (Å²) in [5, 5.41) is 17.7. The summed E-state index contributed by atoms with van der Waals surface area (Å²) in [4.78, 5) is 0. The zero-order chi connectivity index (χ0) is 19.8. The summed E-state index contributed by atoms with van der Waals surface area (Å²) in [6.45, 7) is 8.03. The average Bonchev–Trinajstić information content (AvgIpc) is 2.64. The minimum Gasteiger partial charge on any atom is -0.394 e. The molecule has 1 heterocycles. The van der Waals surface area contributed by atoms with Crippen LogP contribution in [-0.4, -0.2) is 114 Å². The normalized spacial score (nSPS) is 29.8. The van der Waals surface area contributed by atoms with Gasteiger partial charge in [-0.1, -0.05) is 0 Å². The van der Waals surface area contributed by atoms with Crippen molar-refractivity contribution >= 4 is 0 Å². The lowest BCUT2D eigenvalue weighted by Gasteiger charge is -2.30. The molecule has 0 aromatic rings. The van der Waals surface area contributed by atoms with Crippen LogP contribution in [0.15, 0.2) is 0 Å². The lowest BCUT2D eigenvalue weighted by Crippen LogP contribution is -2.41. The van der Waals surface area contributed by atoms with Gasteiger partial charge < -0.3 is 43.4 Å². The largest absolute Gasteiger partial charge is 0.394 e. The summed E-state index contributed by atoms with van der Waals surface area (Å²) in [6, 6.07) is 0. The first-order chi connectivity index (χ1) is 13.0. The van der Waals surface area contributed by atoms with Crippen molar-refractivity contribution in [2.45, 2.75) is 25.0 Å². The average molecular weight is 396 g/mol. The van der Waals surface area contributed by atoms with Crippen molar-refractivity contribution in [3.63, 3.8) is 0 Å². The maximum Gasteiger partial charge on any atom is 0.112 e. The zero-order valence-electron chi connectivity index (χ0n) is 16.7. The molecule has 9 heteroatoms. The van der Waals surface area contributed by atoms with E-state index in [2.05, 4.69) is 0 Å². The lowest BCUT2D eigenvalue weighted by atomic mass is 10.1. The number of aliphatic hydroxyl groups is 2. The Balaban J connectivity index is 2.49. The molecular formula is C18H36O9. The van der Waals surface area contributed by atoms with Gasteiger partial charge in [-0.15, -0.1) is 0 Å². The fourth-order valence-electron chi connectivity index (χ4n) is 2.45. The van der Waals surface area contributed by atoms with E-state index in [-0.39, 0.29) is 26.4 Å². The second kappa shape index (κ2) is 14.6. The molecule has 2 N–H and O–H groups in total. The summed E-state index contributed by atoms with van der Waals surface area (Å²) >= 11 is 0. The van der Waals surface area contributed by atoms with E-state index in [0.717, 1.165) is 0 Å². The number of hydrogen-bond acceptors (Lipinski definition) is 9. The topological polar surface area (TPSA) is 105 Å². The van der Waals surface area contributed by atoms with Gasteiger partial charge in [0, 0.05) is 0 Å². The summed E-state index contributed by atoms with van der Waals surface area (Å²) in [5.41, 5.74) is -1.25. The molecule has 1 aliphatic rings. The van der Waals surface area contributed by atoms with Gasteiger partial charge in [0.15, 0.2) is 0 Å². The molecule has 0 aromatic heterocycles. The van der Waals surface area contributed by atoms with Crippen LogP contribution in [0.4, 0.5) is 0 Å². The highest BCUT2D eigenvalue weighted by Crippen LogP contribution is 2.14. The quantitative estimate of drug-likeness (QED) is 0.531. The molecule has 1 saturated heterocycles. The Labute approximate surface area is 161 Å². The zero-order valence-corrected chi connectivity index (χ0v) is 16.7. The molecule has 0 unspecified atom stereocenters. The van der Waals surface area contributed by atoms with Gasteiger partial charge in [0.05, 0.1) is 92.5 Å². The molecule has 1 rings (SSSR count). The van der Waals surface area contributed by atoms with Crippen molar-refractivity contribution in [2.75, 3.05) is 92.5 Å². The molecule has 1 aliphatic heterocycles. The highest BCUT2D eigenvalue weighted by atomic mass is 16.6. The van der Waals surface area contributed by atoms with Crippen molar-refractivity contribution in [1.82, 2.24) is 0 Å². The van der Waals surface area contributed by atoms with Gasteiger partial charge >= 0.3 is 0 Å². The standard InChI is InChI=1S/C18H36O9/c1-17(13-22-5-3-19)15-24-7-8-25-16-18(2,14-23-6-4-20)27-12-10-21-9-11-26-17/h19-20H,3-16H2,1-2H3/t17-,18+. The van der Waals surface area contributed by atoms with Crippen LogP contribution in [0.5, 0.6) is 0 Å². The highest BCUT2D eigenvalue weighted by Gasteiger charge is 2.28. The molecular weight excluding hydrogens is 360 g/mol. The molecule has 0 amide bonds. The monoisotopic (exact) mass is 396 g/mol. The van der Waals surface area contributed by atoms with Crippen LogP contribution in [0.1, 0.15) is 13.8 Å². The number of ether oxygens (including phenoxy) is 7. The molecule has 27 heavy (non-hydrogen) atoms. The van der Waals surface area contributed by atoms with E-state index in [1.807, 2.05) is 13.8 Å². The van der Waals surface area contributed by atoms with E-state index in [9.17, 15) is 0 Å². The second-order valence-corrected chi connectivity index (χ2v) is 6.87. The SMILES string of the molecule is C[C@]1(COCCO)COCCOC[C@@](C)(COCCO)OCCOCCO1. The fourth-order valence-corrected chi connectivity index (χ4v) is 2.45. The van der Waals surface area contributed by atoms with Crippen LogP contribution in [0.25, 0.3) is 0 Å². The summed E-state index contributed by atoms with van der Waals surface area (Å²) < 4.78 is 39.5. The van der Waals surface area contributed by atoms with Crippen LogP contribution >= 0.6 is 0 Å². The second-order valence-electron chi connectivity index (χ2n) is 6.87. The number of hydrogen-bond donors (Lipinski definition) is 2. The summed E-state index contributed by atoms with van der Waals surface area (Å²) in [7, 11) is 0. The first-order valence-corrected chi connectivity index (χ1v) is 9.42. The first kappa shape index (κ1) is 24.7. The van der Waals surface area contributed by atoms with Gasteiger partial charge in [0.25, 0.3) is 0 Å². The molecule has 162 valence electrons. The van der Waals surface area contributed by atoms with Gasteiger partial charge in [-0.25, -0.2) is 0 Å². The summed E-state index contributed by atoms with van der Waals surface area (Å²) in [5.74, 6) is 0. The molecule has 0 aliphatic carbocycles. The van der Waals surface area contributed by atoms with Gasteiger partial charge in [-0.3, -0.25) is 0 Å². The van der Waals surface area contributed by atoms with E-state index < -0.39 is 11.2 Å². The van der Waals surface area contributed by atoms with Crippen LogP contribution in [0, 0.1) is 0 Å². The maximum absolute atomic E-state index is 8.86. The van der Waals surface area contributed by atoms with E-state index in [1.165, 1.54) is 0 Å². The van der Waals surface area contributed by atoms with E-state index in [1.54, 1.807) is 0 Å². The fraction of sp³-hybridized carbons (Fsp3) is 1.00. The van der Waals surface area contributed by atoms with Gasteiger partial charge in [-0.05, 0) is 13.8 Å². The predicted octanol–water partition coefficient (Wildman–Crippen LogP) is -0.382. The molecule has 0 bridgehead atoms. The Kier molecular flexibility index (Phi) is 13.4. The maximum atomic E-state index is 8.86. The van der Waals surface area contributed by atoms with Crippen LogP contribution in [-0.2, 0) is 33.2 Å². The van der Waals surface area contributed by atoms with Gasteiger partial charge in [0.1, 0.15) is 11.2 Å². The summed E-state index contributed by atoms with van der Waals surface area (Å²) in [6.07, 6.45) is 0.